The molecule has 0 aliphatic carbocycles. The molecule has 3 N–H and O–H groups in total. The van der Waals surface area contributed by atoms with Crippen molar-refractivity contribution in [2.45, 2.75) is 19.4 Å². The van der Waals surface area contributed by atoms with Crippen LogP contribution in [0, 0.1) is 5.82 Å². The summed E-state index contributed by atoms with van der Waals surface area (Å²) in [7, 11) is 0. The molecule has 0 saturated carbocycles. The summed E-state index contributed by atoms with van der Waals surface area (Å²) in [5.41, 5.74) is 4.66. The van der Waals surface area contributed by atoms with Gasteiger partial charge in [-0.3, -0.25) is 10.2 Å². The number of H-pyrrole nitrogens is 1. The second-order valence-electron chi connectivity index (χ2n) is 7.15. The van der Waals surface area contributed by atoms with Gasteiger partial charge in [0, 0.05) is 0 Å². The second-order valence-corrected chi connectivity index (χ2v) is 7.15. The molecule has 0 aliphatic heterocycles. The zero-order valence-electron chi connectivity index (χ0n) is 17.1. The minimum absolute atomic E-state index is 0.0764. The van der Waals surface area contributed by atoms with E-state index in [0.29, 0.717) is 34.9 Å². The fraction of sp³-hybridized carbons (Fsp3) is 0.136. The molecule has 0 spiro atoms. The third-order valence-electron chi connectivity index (χ3n) is 5.14. The summed E-state index contributed by atoms with van der Waals surface area (Å²) in [5, 5.41) is 3.25. The molecule has 0 bridgehead atoms. The van der Waals surface area contributed by atoms with E-state index in [4.69, 9.17) is 0 Å². The highest BCUT2D eigenvalue weighted by atomic mass is 19.1. The van der Waals surface area contributed by atoms with E-state index in [1.54, 1.807) is 6.07 Å². The molecule has 160 valence electrons. The van der Waals surface area contributed by atoms with Crippen LogP contribution in [0.5, 0.6) is 0 Å². The maximum Gasteiger partial charge on any atom is 0.283 e. The number of hydrogen-bond donors (Lipinski definition) is 3. The molecule has 1 atom stereocenters. The topological polar surface area (TPSA) is 113 Å². The minimum Gasteiger partial charge on any atom is -0.358 e. The average Bonchev–Trinajstić information content (AvgIpc) is 3.30. The summed E-state index contributed by atoms with van der Waals surface area (Å²) in [6.45, 7) is 1.96. The first-order chi connectivity index (χ1) is 15.7. The van der Waals surface area contributed by atoms with Gasteiger partial charge in [0.15, 0.2) is 17.3 Å². The molecule has 3 heterocycles. The third kappa shape index (κ3) is 3.41. The summed E-state index contributed by atoms with van der Waals surface area (Å²) in [5.74, 6) is 0.302. The van der Waals surface area contributed by atoms with Gasteiger partial charge in [-0.1, -0.05) is 31.2 Å². The normalized spacial score (nSPS) is 12.2. The van der Waals surface area contributed by atoms with Crippen LogP contribution in [0.4, 0.5) is 15.9 Å². The van der Waals surface area contributed by atoms with Crippen molar-refractivity contribution in [3.05, 3.63) is 83.2 Å². The first kappa shape index (κ1) is 19.6. The predicted molar refractivity (Wildman–Crippen MR) is 120 cm³/mol. The number of nitrogens with zero attached hydrogens (tertiary/aromatic N) is 5. The number of fused-ring (bicyclic) bond motifs is 2. The molecule has 32 heavy (non-hydrogen) atoms. The van der Waals surface area contributed by atoms with Gasteiger partial charge in [0.2, 0.25) is 0 Å². The third-order valence-corrected chi connectivity index (χ3v) is 5.14. The van der Waals surface area contributed by atoms with Crippen LogP contribution in [-0.4, -0.2) is 29.6 Å². The van der Waals surface area contributed by atoms with Crippen LogP contribution >= 0.6 is 0 Å². The summed E-state index contributed by atoms with van der Waals surface area (Å²) < 4.78 is 15.8. The Morgan fingerprint density at radius 3 is 2.75 bits per heavy atom. The molecule has 5 aromatic rings. The van der Waals surface area contributed by atoms with E-state index in [2.05, 4.69) is 35.7 Å². The quantitative estimate of drug-likeness (QED) is 0.377. The van der Waals surface area contributed by atoms with Gasteiger partial charge >= 0.3 is 0 Å². The molecule has 0 fully saturated rings. The number of anilines is 2. The zero-order valence-corrected chi connectivity index (χ0v) is 17.1. The average molecular weight is 430 g/mol. The van der Waals surface area contributed by atoms with E-state index in [1.165, 1.54) is 29.5 Å². The Bertz CT molecular complexity index is 1460. The Morgan fingerprint density at radius 1 is 1.09 bits per heavy atom. The SMILES string of the molecule is CCC(Nc1ncnc2nc[nH]c12)c1nc2cccc(F)c2c(=O)n1Nc1ccccc1. The summed E-state index contributed by atoms with van der Waals surface area (Å²) in [4.78, 5) is 33.6. The van der Waals surface area contributed by atoms with Gasteiger partial charge in [-0.15, -0.1) is 0 Å². The van der Waals surface area contributed by atoms with E-state index >= 15 is 0 Å². The van der Waals surface area contributed by atoms with Crippen molar-refractivity contribution in [3.63, 3.8) is 0 Å². The molecule has 3 aromatic heterocycles. The van der Waals surface area contributed by atoms with Crippen LogP contribution in [0.2, 0.25) is 0 Å². The maximum atomic E-state index is 14.5. The molecule has 0 radical (unpaired) electrons. The number of aromatic amines is 1. The highest BCUT2D eigenvalue weighted by molar-refractivity contribution is 5.82. The number of imidazole rings is 1. The van der Waals surface area contributed by atoms with Gasteiger partial charge < -0.3 is 10.3 Å². The Balaban J connectivity index is 1.67. The highest BCUT2D eigenvalue weighted by Crippen LogP contribution is 2.25. The lowest BCUT2D eigenvalue weighted by Crippen LogP contribution is -2.34. The first-order valence-corrected chi connectivity index (χ1v) is 10.1. The van der Waals surface area contributed by atoms with Crippen LogP contribution in [0.3, 0.4) is 0 Å². The van der Waals surface area contributed by atoms with Crippen molar-refractivity contribution in [1.82, 2.24) is 29.6 Å². The van der Waals surface area contributed by atoms with Crippen LogP contribution in [0.25, 0.3) is 22.1 Å². The van der Waals surface area contributed by atoms with Gasteiger partial charge in [-0.05, 0) is 30.7 Å². The Labute approximate surface area is 181 Å². The number of para-hydroxylation sites is 1. The van der Waals surface area contributed by atoms with Crippen molar-refractivity contribution in [1.29, 1.82) is 0 Å². The van der Waals surface area contributed by atoms with Crippen molar-refractivity contribution in [3.8, 4) is 0 Å². The van der Waals surface area contributed by atoms with Crippen LogP contribution in [0.15, 0.2) is 66.0 Å². The number of benzene rings is 2. The molecule has 0 saturated heterocycles. The van der Waals surface area contributed by atoms with Crippen LogP contribution < -0.4 is 16.3 Å². The summed E-state index contributed by atoms with van der Waals surface area (Å²) >= 11 is 0. The van der Waals surface area contributed by atoms with Crippen LogP contribution in [0.1, 0.15) is 25.2 Å². The van der Waals surface area contributed by atoms with Gasteiger partial charge in [0.1, 0.15) is 23.0 Å². The summed E-state index contributed by atoms with van der Waals surface area (Å²) in [6, 6.07) is 13.2. The highest BCUT2D eigenvalue weighted by Gasteiger charge is 2.22. The predicted octanol–water partition coefficient (Wildman–Crippen LogP) is 3.64. The Hall–Kier alpha value is -4.34. The summed E-state index contributed by atoms with van der Waals surface area (Å²) in [6.07, 6.45) is 3.52. The number of nitrogens with one attached hydrogen (secondary N) is 3. The van der Waals surface area contributed by atoms with E-state index in [-0.39, 0.29) is 10.9 Å². The molecular formula is C22H19FN8O. The molecule has 10 heteroatoms. The van der Waals surface area contributed by atoms with E-state index in [1.807, 2.05) is 37.3 Å². The largest absolute Gasteiger partial charge is 0.358 e. The van der Waals surface area contributed by atoms with Gasteiger partial charge in [0.25, 0.3) is 5.56 Å². The van der Waals surface area contributed by atoms with E-state index in [0.717, 1.165) is 0 Å². The van der Waals surface area contributed by atoms with Crippen LogP contribution in [-0.2, 0) is 0 Å². The lowest BCUT2D eigenvalue weighted by Gasteiger charge is -2.22. The fourth-order valence-corrected chi connectivity index (χ4v) is 3.58. The minimum atomic E-state index is -0.619. The first-order valence-electron chi connectivity index (χ1n) is 10.1. The monoisotopic (exact) mass is 430 g/mol. The second kappa shape index (κ2) is 8.06. The van der Waals surface area contributed by atoms with Gasteiger partial charge in [-0.25, -0.2) is 29.0 Å². The van der Waals surface area contributed by atoms with E-state index in [9.17, 15) is 9.18 Å². The standard InChI is InChI=1S/C22H19FN8O/c1-2-15(28-20-18-19(25-11-24-18)26-12-27-20)21-29-16-10-6-9-14(23)17(16)22(32)31(21)30-13-7-4-3-5-8-13/h3-12,15,30H,2H2,1H3,(H2,24,25,26,27,28). The number of rotatable bonds is 6. The zero-order chi connectivity index (χ0) is 22.1. The molecule has 0 amide bonds. The van der Waals surface area contributed by atoms with Gasteiger partial charge in [-0.2, -0.15) is 0 Å². The number of aromatic nitrogens is 6. The lowest BCUT2D eigenvalue weighted by atomic mass is 10.1. The van der Waals surface area contributed by atoms with Gasteiger partial charge in [0.05, 0.1) is 23.6 Å². The molecule has 5 rings (SSSR count). The number of hydrogen-bond acceptors (Lipinski definition) is 7. The van der Waals surface area contributed by atoms with Crippen molar-refractivity contribution in [2.75, 3.05) is 10.7 Å². The fourth-order valence-electron chi connectivity index (χ4n) is 3.58. The smallest absolute Gasteiger partial charge is 0.283 e. The molecule has 1 unspecified atom stereocenters. The lowest BCUT2D eigenvalue weighted by molar-refractivity contribution is 0.622. The molecule has 0 aliphatic rings. The maximum absolute atomic E-state index is 14.5. The number of halogens is 1. The molecule has 2 aromatic carbocycles. The Kier molecular flexibility index (Phi) is 4.94. The molecule has 9 nitrogen and oxygen atoms in total. The van der Waals surface area contributed by atoms with Crippen molar-refractivity contribution >= 4 is 33.6 Å². The van der Waals surface area contributed by atoms with Crippen molar-refractivity contribution in [2.24, 2.45) is 0 Å². The Morgan fingerprint density at radius 2 is 1.94 bits per heavy atom. The molecular weight excluding hydrogens is 411 g/mol. The van der Waals surface area contributed by atoms with Crippen molar-refractivity contribution < 1.29 is 4.39 Å². The van der Waals surface area contributed by atoms with E-state index < -0.39 is 17.4 Å².